The SMILES string of the molecule is C=CC(=O)OCCNC(=O)OCCN(CCOC(=O)NCCOC(=O)C=C)c1nc(OCC(F)(F)OC(F)(F)OC(F)(F)C(F)(F)OC(F)(F)COc2nc(N(CCOC(=O)NCCOC(=O)C=C)CCOC(=O)NCCOC(=O)C=C)nc(N(CCOC(=O)NCCOC(=O)C=C)CCOC(=O)NCCOC(=O)C=C)n2)nc(N(CCOC(=O)NCCOC(=O)C=C)CCOC(=O)NCCOC(=O)C=C)n1. The Balaban J connectivity index is 2.89. The van der Waals surface area contributed by atoms with Crippen LogP contribution in [-0.4, -0.2) is 381 Å². The summed E-state index contributed by atoms with van der Waals surface area (Å²) in [6.07, 6.45) is -36.6. The van der Waals surface area contributed by atoms with Crippen molar-refractivity contribution < 1.29 is 220 Å². The van der Waals surface area contributed by atoms with Crippen LogP contribution in [0.3, 0.4) is 0 Å². The van der Waals surface area contributed by atoms with Gasteiger partial charge in [-0.2, -0.15) is 65.0 Å². The van der Waals surface area contributed by atoms with E-state index < -0.39 is 334 Å². The molecule has 0 saturated carbocycles. The van der Waals surface area contributed by atoms with Crippen LogP contribution < -0.4 is 71.6 Å². The van der Waals surface area contributed by atoms with Crippen LogP contribution >= 0.6 is 0 Å². The number of nitrogens with one attached hydrogen (secondary N) is 8. The van der Waals surface area contributed by atoms with E-state index in [0.29, 0.717) is 0 Å². The Morgan fingerprint density at radius 1 is 0.232 bits per heavy atom. The van der Waals surface area contributed by atoms with Crippen molar-refractivity contribution in [3.8, 4) is 12.0 Å². The quantitative estimate of drug-likeness (QED) is 0.0116. The number of carbonyl (C=O) groups excluding carboxylic acids is 16. The van der Waals surface area contributed by atoms with Gasteiger partial charge < -0.3 is 147 Å². The molecule has 0 spiro atoms. The largest absolute Gasteiger partial charge is 0.495 e. The average Bonchev–Trinajstić information content (AvgIpc) is 0.781. The second-order valence-corrected chi connectivity index (χ2v) is 25.5. The zero-order valence-corrected chi connectivity index (χ0v) is 75.2. The van der Waals surface area contributed by atoms with Crippen LogP contribution in [0.25, 0.3) is 0 Å². The van der Waals surface area contributed by atoms with Crippen LogP contribution in [0.4, 0.5) is 106 Å². The molecule has 8 N–H and O–H groups in total. The molecule has 0 atom stereocenters. The monoisotopic (exact) mass is 2060 g/mol. The van der Waals surface area contributed by atoms with Crippen molar-refractivity contribution in [2.45, 2.75) is 30.7 Å². The smallest absolute Gasteiger partial charge is 0.461 e. The van der Waals surface area contributed by atoms with E-state index in [2.05, 4.69) is 139 Å². The molecule has 0 fully saturated rings. The van der Waals surface area contributed by atoms with Gasteiger partial charge in [0, 0.05) is 48.6 Å². The summed E-state index contributed by atoms with van der Waals surface area (Å²) in [7, 11) is 0. The molecular weight excluding hydrogens is 1960 g/mol. The van der Waals surface area contributed by atoms with Gasteiger partial charge in [-0.3, -0.25) is 0 Å². The number of esters is 8. The number of anilines is 4. The molecule has 0 bridgehead atoms. The predicted octanol–water partition coefficient (Wildman–Crippen LogP) is 1.35. The highest BCUT2D eigenvalue weighted by molar-refractivity contribution is 5.84. The van der Waals surface area contributed by atoms with Gasteiger partial charge in [0.1, 0.15) is 106 Å². The van der Waals surface area contributed by atoms with Crippen molar-refractivity contribution in [2.24, 2.45) is 0 Å². The first-order valence-corrected chi connectivity index (χ1v) is 40.7. The molecule has 142 heavy (non-hydrogen) atoms. The van der Waals surface area contributed by atoms with Crippen LogP contribution in [-0.2, 0) is 128 Å². The maximum absolute atomic E-state index is 16.0. The van der Waals surface area contributed by atoms with E-state index in [9.17, 15) is 76.7 Å². The molecule has 8 amide bonds. The second kappa shape index (κ2) is 67.2. The lowest BCUT2D eigenvalue weighted by Crippen LogP contribution is -2.54. The summed E-state index contributed by atoms with van der Waals surface area (Å²) < 4.78 is 255. The number of ether oxygens (including phenoxy) is 21. The van der Waals surface area contributed by atoms with Gasteiger partial charge in [0.25, 0.3) is 0 Å². The maximum atomic E-state index is 16.0. The average molecular weight is 2060 g/mol. The minimum absolute atomic E-state index is 0.380. The standard InChI is InChI=1S/C77H100F10N18O37/c1-9-51(106)122-33-17-88-65(114)130-41-25-102(26-42-131-66(115)89-18-34-123-52(107)10-2)59-96-60(103(27-43-132-67(116)90-19-35-124-53(108)11-3)28-44-133-68(117)91-20-36-125-54(109)12-4)99-63(98-59)138-49-73(78,79)140-75(82,83)76(84,85)142-77(86,87)141-74(80,81)50-139-64-100-61(104(29-45-134-69(118)92-21-37-126-55(110)13-5)30-46-135-70(119)93-22-38-127-56(111)14-6)97-62(101-64)105(31-47-136-71(120)94-23-39-128-57(112)15-7)32-48-137-72(121)95-24-40-129-58(113)16-8/h9-16H,1-8,17-50H2,(H,88,114)(H,89,115)(H,90,116)(H,91,117)(H,92,118)(H,93,119)(H,94,120)(H,95,121). The minimum atomic E-state index is -7.26. The van der Waals surface area contributed by atoms with E-state index >= 15 is 43.9 Å². The second-order valence-electron chi connectivity index (χ2n) is 25.5. The van der Waals surface area contributed by atoms with Crippen LogP contribution in [0.1, 0.15) is 0 Å². The number of carbonyl (C=O) groups is 16. The summed E-state index contributed by atoms with van der Waals surface area (Å²) in [6, 6.07) is -3.04. The highest BCUT2D eigenvalue weighted by Crippen LogP contribution is 2.45. The highest BCUT2D eigenvalue weighted by atomic mass is 19.3. The number of rotatable bonds is 73. The van der Waals surface area contributed by atoms with E-state index in [4.69, 9.17) is 85.3 Å². The van der Waals surface area contributed by atoms with E-state index in [0.717, 1.165) is 68.2 Å². The van der Waals surface area contributed by atoms with Crippen LogP contribution in [0.5, 0.6) is 12.0 Å². The van der Waals surface area contributed by atoms with Gasteiger partial charge in [-0.25, -0.2) is 90.9 Å². The third kappa shape index (κ3) is 55.9. The van der Waals surface area contributed by atoms with Gasteiger partial charge in [0.05, 0.1) is 105 Å². The highest BCUT2D eigenvalue weighted by Gasteiger charge is 2.69. The first kappa shape index (κ1) is 122. The summed E-state index contributed by atoms with van der Waals surface area (Å²) in [6.45, 7) is 1.55. The van der Waals surface area contributed by atoms with Gasteiger partial charge in [-0.1, -0.05) is 52.6 Å². The van der Waals surface area contributed by atoms with Gasteiger partial charge in [-0.15, -0.1) is 8.78 Å². The number of aromatic nitrogens is 6. The zero-order chi connectivity index (χ0) is 106. The molecule has 0 aliphatic heterocycles. The zero-order valence-electron chi connectivity index (χ0n) is 75.2. The first-order valence-electron chi connectivity index (χ1n) is 40.7. The number of nitrogens with zero attached hydrogens (tertiary/aromatic N) is 10. The van der Waals surface area contributed by atoms with Crippen molar-refractivity contribution in [2.75, 3.05) is 243 Å². The normalized spacial score (nSPS) is 10.9. The predicted molar refractivity (Wildman–Crippen MR) is 452 cm³/mol. The van der Waals surface area contributed by atoms with Gasteiger partial charge in [0.15, 0.2) is 13.2 Å². The molecular formula is C77H100F10N18O37. The number of halogens is 10. The minimum Gasteiger partial charge on any atom is -0.461 e. The summed E-state index contributed by atoms with van der Waals surface area (Å²) in [5.41, 5.74) is 0. The number of amides is 8. The maximum Gasteiger partial charge on any atom is 0.495 e. The van der Waals surface area contributed by atoms with Crippen molar-refractivity contribution in [3.63, 3.8) is 0 Å². The van der Waals surface area contributed by atoms with Crippen LogP contribution in [0.2, 0.25) is 0 Å². The number of alkyl carbamates (subject to hydrolysis) is 8. The van der Waals surface area contributed by atoms with Crippen molar-refractivity contribution in [1.82, 2.24) is 72.4 Å². The summed E-state index contributed by atoms with van der Waals surface area (Å²) in [5, 5.41) is 17.6. The molecule has 2 aromatic heterocycles. The lowest BCUT2D eigenvalue weighted by Gasteiger charge is -2.31. The van der Waals surface area contributed by atoms with Crippen molar-refractivity contribution >= 4 is 120 Å². The molecule has 2 aromatic rings. The number of alkyl halides is 10. The van der Waals surface area contributed by atoms with E-state index in [1.165, 1.54) is 0 Å². The molecule has 55 nitrogen and oxygen atoms in total. The lowest BCUT2D eigenvalue weighted by atomic mass is 10.5. The summed E-state index contributed by atoms with van der Waals surface area (Å²) in [5.74, 6) is -10.8. The molecule has 0 aliphatic carbocycles. The molecule has 0 aromatic carbocycles. The number of hydrogen-bond donors (Lipinski definition) is 8. The molecule has 2 heterocycles. The molecule has 2 rings (SSSR count). The fourth-order valence-electron chi connectivity index (χ4n) is 8.93. The third-order valence-electron chi connectivity index (χ3n) is 15.2. The van der Waals surface area contributed by atoms with Crippen LogP contribution in [0, 0.1) is 0 Å². The summed E-state index contributed by atoms with van der Waals surface area (Å²) in [4.78, 5) is 222. The van der Waals surface area contributed by atoms with Gasteiger partial charge in [0.2, 0.25) is 23.8 Å². The Morgan fingerprint density at radius 2 is 0.394 bits per heavy atom. The van der Waals surface area contributed by atoms with Gasteiger partial charge >= 0.3 is 139 Å². The molecule has 0 radical (unpaired) electrons. The Bertz CT molecular complexity index is 4130. The van der Waals surface area contributed by atoms with E-state index in [-0.39, 0.29) is 52.4 Å². The van der Waals surface area contributed by atoms with Gasteiger partial charge in [-0.05, 0) is 0 Å². The fraction of sp³-hybridized carbons (Fsp3) is 0.506. The molecule has 0 unspecified atom stereocenters. The fourth-order valence-corrected chi connectivity index (χ4v) is 8.93. The summed E-state index contributed by atoms with van der Waals surface area (Å²) >= 11 is 0. The van der Waals surface area contributed by atoms with Crippen LogP contribution in [0.15, 0.2) is 101 Å². The lowest BCUT2D eigenvalue weighted by molar-refractivity contribution is -0.566. The van der Waals surface area contributed by atoms with Crippen molar-refractivity contribution in [3.05, 3.63) is 101 Å². The molecule has 0 saturated heterocycles. The van der Waals surface area contributed by atoms with Crippen molar-refractivity contribution in [1.29, 1.82) is 0 Å². The van der Waals surface area contributed by atoms with E-state index in [1.54, 1.807) is 0 Å². The molecule has 790 valence electrons. The Morgan fingerprint density at radius 3 is 0.563 bits per heavy atom. The molecule has 65 heteroatoms. The first-order chi connectivity index (χ1) is 67.4. The third-order valence-corrected chi connectivity index (χ3v) is 15.2. The Hall–Kier alpha value is -16.2. The Kier molecular flexibility index (Phi) is 57.7. The molecule has 0 aliphatic rings. The topological polar surface area (TPSA) is 653 Å². The Labute approximate surface area is 797 Å². The van der Waals surface area contributed by atoms with E-state index in [1.807, 2.05) is 0 Å². The number of hydrogen-bond acceptors (Lipinski definition) is 47.